The summed E-state index contributed by atoms with van der Waals surface area (Å²) in [5, 5.41) is 8.44. The van der Waals surface area contributed by atoms with E-state index >= 15 is 0 Å². The molecule has 0 spiro atoms. The molecule has 2 heterocycles. The number of anilines is 1. The molecule has 2 aromatic rings. The Bertz CT molecular complexity index is 580. The first-order chi connectivity index (χ1) is 9.94. The molecule has 0 unspecified atom stereocenters. The minimum atomic E-state index is -4.34. The van der Waals surface area contributed by atoms with E-state index in [-0.39, 0.29) is 0 Å². The van der Waals surface area contributed by atoms with Crippen LogP contribution in [0, 0.1) is 0 Å². The van der Waals surface area contributed by atoms with E-state index in [1.807, 2.05) is 5.32 Å². The van der Waals surface area contributed by atoms with Crippen LogP contribution in [0.5, 0.6) is 0 Å². The van der Waals surface area contributed by atoms with Gasteiger partial charge in [0.2, 0.25) is 5.91 Å². The largest absolute Gasteiger partial charge is 0.401 e. The summed E-state index contributed by atoms with van der Waals surface area (Å²) in [5.41, 5.74) is 0.393. The fourth-order valence-electron chi connectivity index (χ4n) is 1.52. The number of hydrogen-bond donors (Lipinski definition) is 2. The van der Waals surface area contributed by atoms with E-state index in [4.69, 9.17) is 0 Å². The van der Waals surface area contributed by atoms with Crippen molar-refractivity contribution in [3.8, 4) is 5.82 Å². The summed E-state index contributed by atoms with van der Waals surface area (Å²) in [4.78, 5) is 15.5. The smallest absolute Gasteiger partial charge is 0.324 e. The molecule has 112 valence electrons. The SMILES string of the molecule is O=C(CNCC(F)(F)F)Nc1ccc(-n2cccn2)nc1. The molecule has 1 amide bonds. The molecule has 0 aliphatic heterocycles. The van der Waals surface area contributed by atoms with Crippen LogP contribution in [0.25, 0.3) is 5.82 Å². The fraction of sp³-hybridized carbons (Fsp3) is 0.250. The quantitative estimate of drug-likeness (QED) is 0.874. The highest BCUT2D eigenvalue weighted by Crippen LogP contribution is 2.12. The number of nitrogens with one attached hydrogen (secondary N) is 2. The van der Waals surface area contributed by atoms with Gasteiger partial charge in [-0.1, -0.05) is 0 Å². The zero-order valence-electron chi connectivity index (χ0n) is 10.8. The van der Waals surface area contributed by atoms with Crippen molar-refractivity contribution in [2.75, 3.05) is 18.4 Å². The zero-order chi connectivity index (χ0) is 15.3. The number of halogens is 3. The molecule has 6 nitrogen and oxygen atoms in total. The third-order valence-corrected chi connectivity index (χ3v) is 2.38. The summed E-state index contributed by atoms with van der Waals surface area (Å²) in [6.07, 6.45) is 0.372. The molecule has 9 heteroatoms. The summed E-state index contributed by atoms with van der Waals surface area (Å²) in [5.74, 6) is -0.0129. The third-order valence-electron chi connectivity index (χ3n) is 2.38. The Hall–Kier alpha value is -2.42. The lowest BCUT2D eigenvalue weighted by Crippen LogP contribution is -2.35. The van der Waals surface area contributed by atoms with Gasteiger partial charge in [-0.2, -0.15) is 18.3 Å². The van der Waals surface area contributed by atoms with Gasteiger partial charge in [-0.25, -0.2) is 9.67 Å². The molecule has 2 rings (SSSR count). The monoisotopic (exact) mass is 299 g/mol. The van der Waals surface area contributed by atoms with Crippen LogP contribution in [0.2, 0.25) is 0 Å². The first-order valence-corrected chi connectivity index (χ1v) is 5.97. The van der Waals surface area contributed by atoms with Crippen LogP contribution in [0.4, 0.5) is 18.9 Å². The van der Waals surface area contributed by atoms with Crippen LogP contribution in [0.1, 0.15) is 0 Å². The van der Waals surface area contributed by atoms with Crippen LogP contribution in [0.3, 0.4) is 0 Å². The number of rotatable bonds is 5. The molecule has 0 aromatic carbocycles. The van der Waals surface area contributed by atoms with E-state index in [0.717, 1.165) is 0 Å². The van der Waals surface area contributed by atoms with Gasteiger partial charge in [0.15, 0.2) is 5.82 Å². The lowest BCUT2D eigenvalue weighted by molar-refractivity contribution is -0.126. The lowest BCUT2D eigenvalue weighted by Gasteiger charge is -2.09. The highest BCUT2D eigenvalue weighted by Gasteiger charge is 2.26. The Morgan fingerprint density at radius 1 is 1.33 bits per heavy atom. The number of nitrogens with zero attached hydrogens (tertiary/aromatic N) is 3. The van der Waals surface area contributed by atoms with E-state index in [9.17, 15) is 18.0 Å². The second-order valence-electron chi connectivity index (χ2n) is 4.12. The number of alkyl halides is 3. The van der Waals surface area contributed by atoms with E-state index in [1.165, 1.54) is 10.9 Å². The maximum absolute atomic E-state index is 11.9. The van der Waals surface area contributed by atoms with Gasteiger partial charge in [0.25, 0.3) is 0 Å². The number of pyridine rings is 1. The molecular formula is C12H12F3N5O. The molecule has 0 fully saturated rings. The molecular weight excluding hydrogens is 287 g/mol. The molecule has 0 radical (unpaired) electrons. The van der Waals surface area contributed by atoms with Crippen molar-refractivity contribution in [1.29, 1.82) is 0 Å². The van der Waals surface area contributed by atoms with Crippen LogP contribution in [-0.2, 0) is 4.79 Å². The average molecular weight is 299 g/mol. The normalized spacial score (nSPS) is 11.4. The highest BCUT2D eigenvalue weighted by atomic mass is 19.4. The van der Waals surface area contributed by atoms with E-state index in [0.29, 0.717) is 11.5 Å². The summed E-state index contributed by atoms with van der Waals surface area (Å²) < 4.78 is 37.2. The van der Waals surface area contributed by atoms with E-state index in [1.54, 1.807) is 30.6 Å². The van der Waals surface area contributed by atoms with Gasteiger partial charge in [0, 0.05) is 12.4 Å². The van der Waals surface area contributed by atoms with Crippen molar-refractivity contribution in [1.82, 2.24) is 20.1 Å². The Morgan fingerprint density at radius 2 is 2.14 bits per heavy atom. The number of carbonyl (C=O) groups is 1. The minimum absolute atomic E-state index is 0.393. The first-order valence-electron chi connectivity index (χ1n) is 5.97. The number of carbonyl (C=O) groups excluding carboxylic acids is 1. The van der Waals surface area contributed by atoms with Crippen LogP contribution < -0.4 is 10.6 Å². The van der Waals surface area contributed by atoms with Gasteiger partial charge in [0.05, 0.1) is 25.0 Å². The number of aromatic nitrogens is 3. The fourth-order valence-corrected chi connectivity index (χ4v) is 1.52. The summed E-state index contributed by atoms with van der Waals surface area (Å²) in [6, 6.07) is 4.96. The second-order valence-corrected chi connectivity index (χ2v) is 4.12. The topological polar surface area (TPSA) is 71.8 Å². The van der Waals surface area contributed by atoms with Crippen molar-refractivity contribution in [3.63, 3.8) is 0 Å². The van der Waals surface area contributed by atoms with Gasteiger partial charge < -0.3 is 10.6 Å². The van der Waals surface area contributed by atoms with Crippen LogP contribution in [0.15, 0.2) is 36.8 Å². The molecule has 0 bridgehead atoms. The molecule has 0 aliphatic rings. The molecule has 2 aromatic heterocycles. The maximum atomic E-state index is 11.9. The predicted octanol–water partition coefficient (Wildman–Crippen LogP) is 1.36. The Kier molecular flexibility index (Phi) is 4.53. The number of hydrogen-bond acceptors (Lipinski definition) is 4. The molecule has 0 atom stereocenters. The van der Waals surface area contributed by atoms with Crippen LogP contribution in [-0.4, -0.2) is 39.9 Å². The number of amides is 1. The third kappa shape index (κ3) is 4.88. The van der Waals surface area contributed by atoms with Crippen molar-refractivity contribution in [2.45, 2.75) is 6.18 Å². The summed E-state index contributed by atoms with van der Waals surface area (Å²) >= 11 is 0. The van der Waals surface area contributed by atoms with Crippen molar-refractivity contribution in [3.05, 3.63) is 36.8 Å². The average Bonchev–Trinajstić information content (AvgIpc) is 2.92. The highest BCUT2D eigenvalue weighted by molar-refractivity contribution is 5.92. The standard InChI is InChI=1S/C12H12F3N5O/c13-12(14,15)8-16-7-11(21)19-9-2-3-10(17-6-9)20-5-1-4-18-20/h1-6,16H,7-8H2,(H,19,21). The first kappa shape index (κ1) is 15.0. The van der Waals surface area contributed by atoms with E-state index in [2.05, 4.69) is 15.4 Å². The molecule has 0 saturated heterocycles. The van der Waals surface area contributed by atoms with Gasteiger partial charge >= 0.3 is 6.18 Å². The second kappa shape index (κ2) is 6.35. The lowest BCUT2D eigenvalue weighted by atomic mass is 10.4. The zero-order valence-corrected chi connectivity index (χ0v) is 10.8. The van der Waals surface area contributed by atoms with Crippen LogP contribution >= 0.6 is 0 Å². The Balaban J connectivity index is 1.84. The summed E-state index contributed by atoms with van der Waals surface area (Å²) in [7, 11) is 0. The van der Waals surface area contributed by atoms with Gasteiger partial charge in [-0.05, 0) is 18.2 Å². The molecule has 0 saturated carbocycles. The summed E-state index contributed by atoms with van der Waals surface area (Å²) in [6.45, 7) is -1.64. The van der Waals surface area contributed by atoms with E-state index < -0.39 is 25.2 Å². The van der Waals surface area contributed by atoms with Gasteiger partial charge in [-0.3, -0.25) is 4.79 Å². The van der Waals surface area contributed by atoms with Gasteiger partial charge in [-0.15, -0.1) is 0 Å². The van der Waals surface area contributed by atoms with Crippen molar-refractivity contribution in [2.24, 2.45) is 0 Å². The van der Waals surface area contributed by atoms with Crippen molar-refractivity contribution >= 4 is 11.6 Å². The Labute approximate surface area is 118 Å². The Morgan fingerprint density at radius 3 is 2.71 bits per heavy atom. The minimum Gasteiger partial charge on any atom is -0.324 e. The predicted molar refractivity (Wildman–Crippen MR) is 68.9 cm³/mol. The maximum Gasteiger partial charge on any atom is 0.401 e. The van der Waals surface area contributed by atoms with Crippen molar-refractivity contribution < 1.29 is 18.0 Å². The molecule has 21 heavy (non-hydrogen) atoms. The molecule has 0 aliphatic carbocycles. The van der Waals surface area contributed by atoms with Gasteiger partial charge in [0.1, 0.15) is 0 Å². The molecule has 2 N–H and O–H groups in total.